The summed E-state index contributed by atoms with van der Waals surface area (Å²) in [6.45, 7) is -1.12. The lowest BCUT2D eigenvalue weighted by Gasteiger charge is -2.11. The molecule has 0 bridgehead atoms. The fourth-order valence-electron chi connectivity index (χ4n) is 3.33. The quantitative estimate of drug-likeness (QED) is 0.0387. The third kappa shape index (κ3) is 12.6. The van der Waals surface area contributed by atoms with Gasteiger partial charge in [-0.25, -0.2) is 9.59 Å². The smallest absolute Gasteiger partial charge is 0.345 e. The maximum absolute atomic E-state index is 12.7. The van der Waals surface area contributed by atoms with Crippen molar-refractivity contribution < 1.29 is 70.9 Å². The molecule has 2 aromatic rings. The van der Waals surface area contributed by atoms with Gasteiger partial charge in [-0.15, -0.1) is 0 Å². The summed E-state index contributed by atoms with van der Waals surface area (Å²) in [5.41, 5.74) is -0.221. The van der Waals surface area contributed by atoms with Crippen LogP contribution in [0.15, 0.2) is 76.0 Å². The summed E-state index contributed by atoms with van der Waals surface area (Å²) in [7, 11) is -17.9. The first-order chi connectivity index (χ1) is 20.2. The van der Waals surface area contributed by atoms with Crippen LogP contribution in [0.2, 0.25) is 0 Å². The van der Waals surface area contributed by atoms with Crippen molar-refractivity contribution in [2.45, 2.75) is 22.6 Å². The van der Waals surface area contributed by atoms with Crippen molar-refractivity contribution in [2.24, 2.45) is 0 Å². The number of esters is 2. The molecule has 2 aromatic carbocycles. The second kappa shape index (κ2) is 15.0. The lowest BCUT2D eigenvalue weighted by Crippen LogP contribution is -2.20. The third-order valence-electron chi connectivity index (χ3n) is 5.34. The van der Waals surface area contributed by atoms with Crippen LogP contribution in [0, 0.1) is 0 Å². The van der Waals surface area contributed by atoms with Crippen molar-refractivity contribution in [2.75, 3.05) is 24.7 Å². The Kier molecular flexibility index (Phi) is 12.5. The predicted octanol–water partition coefficient (Wildman–Crippen LogP) is 1.18. The van der Waals surface area contributed by atoms with Crippen LogP contribution in [-0.2, 0) is 59.5 Å². The molecule has 242 valence electrons. The third-order valence-corrected chi connectivity index (χ3v) is 8.69. The molecule has 0 atom stereocenters. The highest BCUT2D eigenvalue weighted by molar-refractivity contribution is 7.86. The van der Waals surface area contributed by atoms with Crippen LogP contribution >= 0.6 is 0 Å². The normalized spacial score (nSPS) is 12.2. The summed E-state index contributed by atoms with van der Waals surface area (Å²) in [5, 5.41) is 0. The van der Waals surface area contributed by atoms with E-state index < -0.39 is 92.5 Å². The van der Waals surface area contributed by atoms with Gasteiger partial charge in [0.1, 0.15) is 5.57 Å². The van der Waals surface area contributed by atoms with Crippen molar-refractivity contribution in [3.8, 4) is 0 Å². The van der Waals surface area contributed by atoms with Gasteiger partial charge in [-0.05, 0) is 59.9 Å². The first-order valence-corrected chi connectivity index (χ1v) is 18.1. The molecule has 0 saturated carbocycles. The first kappa shape index (κ1) is 36.7. The van der Waals surface area contributed by atoms with Crippen molar-refractivity contribution in [1.29, 1.82) is 0 Å². The Bertz CT molecular complexity index is 1720. The van der Waals surface area contributed by atoms with Crippen LogP contribution in [0.25, 0.3) is 5.57 Å². The van der Waals surface area contributed by atoms with E-state index >= 15 is 0 Å². The molecule has 0 heterocycles. The van der Waals surface area contributed by atoms with Gasteiger partial charge in [0.25, 0.3) is 40.5 Å². The molecule has 16 nitrogen and oxygen atoms in total. The van der Waals surface area contributed by atoms with E-state index in [-0.39, 0.29) is 29.5 Å². The van der Waals surface area contributed by atoms with Crippen LogP contribution in [0.4, 0.5) is 0 Å². The van der Waals surface area contributed by atoms with E-state index in [1.165, 1.54) is 24.3 Å². The minimum atomic E-state index is -4.58. The molecule has 44 heavy (non-hydrogen) atoms. The zero-order chi connectivity index (χ0) is 33.3. The van der Waals surface area contributed by atoms with Gasteiger partial charge in [-0.2, -0.15) is 33.7 Å². The molecule has 0 aliphatic carbocycles. The van der Waals surface area contributed by atoms with Crippen molar-refractivity contribution in [1.82, 2.24) is 0 Å². The Hall–Kier alpha value is -3.50. The molecule has 0 radical (unpaired) electrons. The monoisotopic (exact) mass is 698 g/mol. The van der Waals surface area contributed by atoms with Crippen LogP contribution in [0.1, 0.15) is 24.0 Å². The van der Waals surface area contributed by atoms with Gasteiger partial charge < -0.3 is 9.47 Å². The van der Waals surface area contributed by atoms with Gasteiger partial charge in [-0.3, -0.25) is 18.2 Å². The Morgan fingerprint density at radius 2 is 0.909 bits per heavy atom. The second-order valence-corrected chi connectivity index (χ2v) is 14.7. The van der Waals surface area contributed by atoms with Crippen LogP contribution in [0.5, 0.6) is 0 Å². The molecule has 0 unspecified atom stereocenters. The Morgan fingerprint density at radius 3 is 1.20 bits per heavy atom. The predicted molar refractivity (Wildman–Crippen MR) is 152 cm³/mol. The SMILES string of the molecule is O=C(OCCCS(=O)(=O)O)C(=CC=C(c1ccc(S(=O)(=O)O)cc1)c1ccc(S(=O)(=O)O)cc1)C(=O)OCCCS(=O)(=O)O. The van der Waals surface area contributed by atoms with Gasteiger partial charge >= 0.3 is 11.9 Å². The zero-order valence-electron chi connectivity index (χ0n) is 22.3. The number of ether oxygens (including phenoxy) is 2. The Morgan fingerprint density at radius 1 is 0.568 bits per heavy atom. The van der Waals surface area contributed by atoms with E-state index in [0.717, 1.165) is 36.4 Å². The zero-order valence-corrected chi connectivity index (χ0v) is 25.6. The number of carbonyl (C=O) groups is 2. The van der Waals surface area contributed by atoms with E-state index in [2.05, 4.69) is 0 Å². The molecule has 0 aliphatic rings. The Balaban J connectivity index is 2.57. The Labute approximate surface area is 253 Å². The van der Waals surface area contributed by atoms with Gasteiger partial charge in [0.05, 0.1) is 34.5 Å². The molecular weight excluding hydrogens is 673 g/mol. The highest BCUT2D eigenvalue weighted by Crippen LogP contribution is 2.26. The summed E-state index contributed by atoms with van der Waals surface area (Å²) < 4.78 is 135. The summed E-state index contributed by atoms with van der Waals surface area (Å²) in [5.74, 6) is -4.16. The molecule has 0 amide bonds. The van der Waals surface area contributed by atoms with Crippen LogP contribution < -0.4 is 0 Å². The summed E-state index contributed by atoms with van der Waals surface area (Å²) in [6, 6.07) is 9.07. The molecule has 0 spiro atoms. The molecular formula is C24H26O16S4. The average Bonchev–Trinajstić information content (AvgIpc) is 2.89. The van der Waals surface area contributed by atoms with Crippen molar-refractivity contribution in [3.05, 3.63) is 77.4 Å². The number of hydrogen-bond acceptors (Lipinski definition) is 12. The van der Waals surface area contributed by atoms with Gasteiger partial charge in [0.15, 0.2) is 0 Å². The molecule has 2 rings (SSSR count). The molecule has 0 saturated heterocycles. The maximum atomic E-state index is 12.7. The standard InChI is InChI=1S/C24H26O16S4/c25-23(39-13-1-15-41(27,28)29)22(24(26)40-14-2-16-42(30,31)32)12-11-21(17-3-7-19(8-4-17)43(33,34)35)18-5-9-20(10-6-18)44(36,37)38/h3-12H,1-2,13-16H2,(H,27,28,29)(H,30,31,32)(H,33,34,35)(H,36,37,38). The van der Waals surface area contributed by atoms with Crippen molar-refractivity contribution in [3.63, 3.8) is 0 Å². The topological polar surface area (TPSA) is 270 Å². The van der Waals surface area contributed by atoms with Gasteiger partial charge in [-0.1, -0.05) is 30.3 Å². The minimum Gasteiger partial charge on any atom is -0.462 e. The van der Waals surface area contributed by atoms with E-state index in [4.69, 9.17) is 18.6 Å². The van der Waals surface area contributed by atoms with Gasteiger partial charge in [0.2, 0.25) is 0 Å². The van der Waals surface area contributed by atoms with Crippen molar-refractivity contribution >= 4 is 58.0 Å². The van der Waals surface area contributed by atoms with E-state index in [9.17, 15) is 52.4 Å². The first-order valence-electron chi connectivity index (χ1n) is 12.0. The highest BCUT2D eigenvalue weighted by Gasteiger charge is 2.22. The minimum absolute atomic E-state index is 0.129. The lowest BCUT2D eigenvalue weighted by atomic mass is 9.97. The van der Waals surface area contributed by atoms with E-state index in [1.54, 1.807) is 0 Å². The van der Waals surface area contributed by atoms with Crippen LogP contribution in [-0.4, -0.2) is 88.5 Å². The summed E-state index contributed by atoms with van der Waals surface area (Å²) in [6.07, 6.45) is 1.36. The number of hydrogen-bond donors (Lipinski definition) is 4. The molecule has 0 fully saturated rings. The molecule has 20 heteroatoms. The average molecular weight is 699 g/mol. The maximum Gasteiger partial charge on any atom is 0.345 e. The number of allylic oxidation sites excluding steroid dienone is 2. The summed E-state index contributed by atoms with van der Waals surface area (Å²) in [4.78, 5) is 24.5. The molecule has 0 aliphatic heterocycles. The molecule has 0 aromatic heterocycles. The fourth-order valence-corrected chi connectivity index (χ4v) is 5.25. The fraction of sp³-hybridized carbons (Fsp3) is 0.250. The van der Waals surface area contributed by atoms with E-state index in [1.807, 2.05) is 0 Å². The van der Waals surface area contributed by atoms with Crippen LogP contribution in [0.3, 0.4) is 0 Å². The lowest BCUT2D eigenvalue weighted by molar-refractivity contribution is -0.147. The number of benzene rings is 2. The summed E-state index contributed by atoms with van der Waals surface area (Å²) >= 11 is 0. The van der Waals surface area contributed by atoms with E-state index in [0.29, 0.717) is 0 Å². The number of carbonyl (C=O) groups excluding carboxylic acids is 2. The second-order valence-electron chi connectivity index (χ2n) is 8.71. The van der Waals surface area contributed by atoms with Gasteiger partial charge in [0, 0.05) is 0 Å². The number of rotatable bonds is 15. The largest absolute Gasteiger partial charge is 0.462 e. The molecule has 4 N–H and O–H groups in total. The highest BCUT2D eigenvalue weighted by atomic mass is 32.2.